The molecule has 0 fully saturated rings. The average Bonchev–Trinajstić information content (AvgIpc) is 2.63. The monoisotopic (exact) mass is 351 g/mol. The van der Waals surface area contributed by atoms with Gasteiger partial charge in [0, 0.05) is 12.6 Å². The van der Waals surface area contributed by atoms with E-state index in [1.165, 1.54) is 11.1 Å². The molecule has 0 radical (unpaired) electrons. The van der Waals surface area contributed by atoms with Gasteiger partial charge in [-0.2, -0.15) is 0 Å². The van der Waals surface area contributed by atoms with Crippen molar-refractivity contribution >= 4 is 12.0 Å². The molecule has 26 heavy (non-hydrogen) atoms. The molecule has 3 heteroatoms. The van der Waals surface area contributed by atoms with Gasteiger partial charge in [-0.1, -0.05) is 57.2 Å². The first-order valence-electron chi connectivity index (χ1n) is 9.08. The standard InChI is InChI=1S/C23H29NO2/c1-23(2,3)20-13-10-18(11-14-20)12-15-22(25)24-16-6-8-19-7-5-9-21(17-19)26-4/h5,7,9-15,17H,6,8,16H2,1-4H3,(H,24,25)/b15-12+. The second kappa shape index (κ2) is 9.23. The van der Waals surface area contributed by atoms with Crippen molar-refractivity contribution in [3.8, 4) is 5.75 Å². The van der Waals surface area contributed by atoms with Crippen LogP contribution in [0.3, 0.4) is 0 Å². The summed E-state index contributed by atoms with van der Waals surface area (Å²) in [5, 5.41) is 2.93. The molecule has 1 amide bonds. The quantitative estimate of drug-likeness (QED) is 0.577. The highest BCUT2D eigenvalue weighted by Gasteiger charge is 2.12. The number of ether oxygens (including phenoxy) is 1. The van der Waals surface area contributed by atoms with Crippen molar-refractivity contribution in [2.24, 2.45) is 0 Å². The lowest BCUT2D eigenvalue weighted by molar-refractivity contribution is -0.116. The van der Waals surface area contributed by atoms with Crippen LogP contribution < -0.4 is 10.1 Å². The minimum absolute atomic E-state index is 0.0597. The van der Waals surface area contributed by atoms with Crippen molar-refractivity contribution < 1.29 is 9.53 Å². The molecule has 0 aliphatic heterocycles. The van der Waals surface area contributed by atoms with E-state index in [4.69, 9.17) is 4.74 Å². The van der Waals surface area contributed by atoms with Crippen LogP contribution in [-0.4, -0.2) is 19.6 Å². The van der Waals surface area contributed by atoms with Crippen molar-refractivity contribution in [3.05, 3.63) is 71.3 Å². The van der Waals surface area contributed by atoms with E-state index in [1.807, 2.05) is 36.4 Å². The number of amides is 1. The molecule has 2 aromatic carbocycles. The van der Waals surface area contributed by atoms with Gasteiger partial charge < -0.3 is 10.1 Å². The Balaban J connectivity index is 1.75. The van der Waals surface area contributed by atoms with Crippen LogP contribution in [0.4, 0.5) is 0 Å². The number of hydrogen-bond donors (Lipinski definition) is 1. The third-order valence-electron chi connectivity index (χ3n) is 4.28. The molecule has 0 saturated heterocycles. The summed E-state index contributed by atoms with van der Waals surface area (Å²) in [6.07, 6.45) is 5.25. The molecule has 0 spiro atoms. The fourth-order valence-corrected chi connectivity index (χ4v) is 2.66. The fraction of sp³-hybridized carbons (Fsp3) is 0.348. The SMILES string of the molecule is COc1cccc(CCCNC(=O)/C=C/c2ccc(C(C)(C)C)cc2)c1. The van der Waals surface area contributed by atoms with Crippen LogP contribution in [0.15, 0.2) is 54.6 Å². The highest BCUT2D eigenvalue weighted by atomic mass is 16.5. The van der Waals surface area contributed by atoms with E-state index < -0.39 is 0 Å². The van der Waals surface area contributed by atoms with E-state index in [2.05, 4.69) is 44.3 Å². The molecular formula is C23H29NO2. The van der Waals surface area contributed by atoms with E-state index in [9.17, 15) is 4.79 Å². The van der Waals surface area contributed by atoms with E-state index in [0.717, 1.165) is 24.2 Å². The Hall–Kier alpha value is -2.55. The van der Waals surface area contributed by atoms with Crippen LogP contribution in [0.5, 0.6) is 5.75 Å². The fourth-order valence-electron chi connectivity index (χ4n) is 2.66. The summed E-state index contributed by atoms with van der Waals surface area (Å²) in [6, 6.07) is 16.4. The molecule has 2 rings (SSSR count). The Morgan fingerprint density at radius 3 is 2.50 bits per heavy atom. The Labute approximate surface area is 157 Å². The van der Waals surface area contributed by atoms with Crippen LogP contribution in [0.25, 0.3) is 6.08 Å². The zero-order valence-corrected chi connectivity index (χ0v) is 16.2. The first-order chi connectivity index (χ1) is 12.4. The minimum Gasteiger partial charge on any atom is -0.497 e. The van der Waals surface area contributed by atoms with Crippen LogP contribution in [-0.2, 0) is 16.6 Å². The summed E-state index contributed by atoms with van der Waals surface area (Å²) in [5.41, 5.74) is 3.68. The lowest BCUT2D eigenvalue weighted by Gasteiger charge is -2.18. The van der Waals surface area contributed by atoms with E-state index in [0.29, 0.717) is 6.54 Å². The number of carbonyl (C=O) groups is 1. The van der Waals surface area contributed by atoms with Gasteiger partial charge >= 0.3 is 0 Å². The molecule has 138 valence electrons. The molecular weight excluding hydrogens is 322 g/mol. The summed E-state index contributed by atoms with van der Waals surface area (Å²) in [7, 11) is 1.67. The van der Waals surface area contributed by atoms with Gasteiger partial charge in [-0.15, -0.1) is 0 Å². The van der Waals surface area contributed by atoms with Crippen LogP contribution >= 0.6 is 0 Å². The number of aryl methyl sites for hydroxylation is 1. The van der Waals surface area contributed by atoms with Crippen molar-refractivity contribution in [1.29, 1.82) is 0 Å². The van der Waals surface area contributed by atoms with E-state index >= 15 is 0 Å². The lowest BCUT2D eigenvalue weighted by Crippen LogP contribution is -2.22. The first-order valence-corrected chi connectivity index (χ1v) is 9.08. The molecule has 0 bridgehead atoms. The third-order valence-corrected chi connectivity index (χ3v) is 4.28. The van der Waals surface area contributed by atoms with Gasteiger partial charge in [-0.3, -0.25) is 4.79 Å². The van der Waals surface area contributed by atoms with Crippen LogP contribution in [0.2, 0.25) is 0 Å². The predicted octanol–water partition coefficient (Wildman–Crippen LogP) is 4.75. The zero-order valence-electron chi connectivity index (χ0n) is 16.2. The van der Waals surface area contributed by atoms with E-state index in [1.54, 1.807) is 13.2 Å². The number of hydrogen-bond acceptors (Lipinski definition) is 2. The second-order valence-corrected chi connectivity index (χ2v) is 7.45. The predicted molar refractivity (Wildman–Crippen MR) is 109 cm³/mol. The molecule has 0 aliphatic rings. The third kappa shape index (κ3) is 6.40. The second-order valence-electron chi connectivity index (χ2n) is 7.45. The Bertz CT molecular complexity index is 740. The number of methoxy groups -OCH3 is 1. The Kier molecular flexibility index (Phi) is 7.02. The van der Waals surface area contributed by atoms with Crippen molar-refractivity contribution in [2.45, 2.75) is 39.0 Å². The van der Waals surface area contributed by atoms with Crippen LogP contribution in [0, 0.1) is 0 Å². The summed E-state index contributed by atoms with van der Waals surface area (Å²) in [4.78, 5) is 11.9. The van der Waals surface area contributed by atoms with E-state index in [-0.39, 0.29) is 11.3 Å². The van der Waals surface area contributed by atoms with Gasteiger partial charge in [0.05, 0.1) is 7.11 Å². The topological polar surface area (TPSA) is 38.3 Å². The van der Waals surface area contributed by atoms with Crippen molar-refractivity contribution in [3.63, 3.8) is 0 Å². The van der Waals surface area contributed by atoms with Crippen molar-refractivity contribution in [1.82, 2.24) is 5.32 Å². The molecule has 0 aliphatic carbocycles. The Morgan fingerprint density at radius 2 is 1.85 bits per heavy atom. The number of rotatable bonds is 7. The van der Waals surface area contributed by atoms with Gasteiger partial charge in [0.15, 0.2) is 0 Å². The van der Waals surface area contributed by atoms with Gasteiger partial charge in [0.1, 0.15) is 5.75 Å². The summed E-state index contributed by atoms with van der Waals surface area (Å²) in [6.45, 7) is 7.23. The van der Waals surface area contributed by atoms with Gasteiger partial charge in [0.25, 0.3) is 0 Å². The molecule has 0 saturated carbocycles. The summed E-state index contributed by atoms with van der Waals surface area (Å²) < 4.78 is 5.22. The summed E-state index contributed by atoms with van der Waals surface area (Å²) >= 11 is 0. The van der Waals surface area contributed by atoms with Crippen LogP contribution in [0.1, 0.15) is 43.9 Å². The average molecular weight is 351 g/mol. The largest absolute Gasteiger partial charge is 0.497 e. The smallest absolute Gasteiger partial charge is 0.243 e. The molecule has 2 aromatic rings. The molecule has 3 nitrogen and oxygen atoms in total. The first kappa shape index (κ1) is 19.8. The lowest BCUT2D eigenvalue weighted by atomic mass is 9.87. The highest BCUT2D eigenvalue weighted by Crippen LogP contribution is 2.22. The highest BCUT2D eigenvalue weighted by molar-refractivity contribution is 5.91. The van der Waals surface area contributed by atoms with Gasteiger partial charge in [0.2, 0.25) is 5.91 Å². The maximum absolute atomic E-state index is 11.9. The molecule has 1 N–H and O–H groups in total. The molecule has 0 aromatic heterocycles. The minimum atomic E-state index is -0.0597. The zero-order chi connectivity index (χ0) is 19.0. The van der Waals surface area contributed by atoms with Crippen molar-refractivity contribution in [2.75, 3.05) is 13.7 Å². The Morgan fingerprint density at radius 1 is 1.12 bits per heavy atom. The number of benzene rings is 2. The number of nitrogens with one attached hydrogen (secondary N) is 1. The normalized spacial score (nSPS) is 11.5. The maximum atomic E-state index is 11.9. The molecule has 0 unspecified atom stereocenters. The maximum Gasteiger partial charge on any atom is 0.243 e. The number of carbonyl (C=O) groups excluding carboxylic acids is 1. The molecule has 0 heterocycles. The summed E-state index contributed by atoms with van der Waals surface area (Å²) in [5.74, 6) is 0.808. The molecule has 0 atom stereocenters. The van der Waals surface area contributed by atoms with Gasteiger partial charge in [-0.05, 0) is 53.2 Å². The van der Waals surface area contributed by atoms with Gasteiger partial charge in [-0.25, -0.2) is 0 Å².